The second-order valence-electron chi connectivity index (χ2n) is 5.86. The summed E-state index contributed by atoms with van der Waals surface area (Å²) < 4.78 is 15.6. The first kappa shape index (κ1) is 18.5. The van der Waals surface area contributed by atoms with Gasteiger partial charge < -0.3 is 10.6 Å². The SMILES string of the molecule is Cc1cc(Br)ccc1NC(=O)CNC(=O)c1sc2cccc(F)c2c1C. The summed E-state index contributed by atoms with van der Waals surface area (Å²) in [6, 6.07) is 10.3. The summed E-state index contributed by atoms with van der Waals surface area (Å²) in [5.41, 5.74) is 2.19. The third-order valence-corrected chi connectivity index (χ3v) is 5.73. The molecule has 0 aliphatic heterocycles. The largest absolute Gasteiger partial charge is 0.342 e. The van der Waals surface area contributed by atoms with Gasteiger partial charge in [0.2, 0.25) is 5.91 Å². The number of amides is 2. The van der Waals surface area contributed by atoms with Gasteiger partial charge in [-0.15, -0.1) is 11.3 Å². The fraction of sp³-hybridized carbons (Fsp3) is 0.158. The highest BCUT2D eigenvalue weighted by Gasteiger charge is 2.18. The molecule has 0 aliphatic rings. The van der Waals surface area contributed by atoms with E-state index in [0.717, 1.165) is 10.0 Å². The van der Waals surface area contributed by atoms with Crippen molar-refractivity contribution in [2.45, 2.75) is 13.8 Å². The van der Waals surface area contributed by atoms with Gasteiger partial charge in [-0.2, -0.15) is 0 Å². The molecule has 2 amide bonds. The van der Waals surface area contributed by atoms with E-state index in [4.69, 9.17) is 0 Å². The molecule has 0 fully saturated rings. The van der Waals surface area contributed by atoms with Crippen molar-refractivity contribution in [3.8, 4) is 0 Å². The van der Waals surface area contributed by atoms with Gasteiger partial charge in [-0.3, -0.25) is 9.59 Å². The molecule has 0 atom stereocenters. The Kier molecular flexibility index (Phi) is 5.38. The van der Waals surface area contributed by atoms with Crippen LogP contribution >= 0.6 is 27.3 Å². The third-order valence-electron chi connectivity index (χ3n) is 3.98. The molecule has 26 heavy (non-hydrogen) atoms. The molecule has 0 aliphatic carbocycles. The first-order chi connectivity index (χ1) is 12.4. The van der Waals surface area contributed by atoms with E-state index in [9.17, 15) is 14.0 Å². The number of rotatable bonds is 4. The lowest BCUT2D eigenvalue weighted by atomic mass is 10.1. The Labute approximate surface area is 162 Å². The van der Waals surface area contributed by atoms with E-state index in [2.05, 4.69) is 26.6 Å². The molecule has 134 valence electrons. The maximum atomic E-state index is 14.0. The lowest BCUT2D eigenvalue weighted by molar-refractivity contribution is -0.115. The molecule has 0 spiro atoms. The highest BCUT2D eigenvalue weighted by Crippen LogP contribution is 2.32. The molecular weight excluding hydrogens is 419 g/mol. The normalized spacial score (nSPS) is 10.8. The first-order valence-electron chi connectivity index (χ1n) is 7.88. The molecule has 3 aromatic rings. The van der Waals surface area contributed by atoms with Crippen molar-refractivity contribution in [2.75, 3.05) is 11.9 Å². The number of carbonyl (C=O) groups is 2. The molecule has 2 aromatic carbocycles. The van der Waals surface area contributed by atoms with E-state index >= 15 is 0 Å². The summed E-state index contributed by atoms with van der Waals surface area (Å²) >= 11 is 4.59. The minimum Gasteiger partial charge on any atom is -0.342 e. The van der Waals surface area contributed by atoms with Crippen LogP contribution in [0, 0.1) is 19.7 Å². The maximum absolute atomic E-state index is 14.0. The molecule has 7 heteroatoms. The molecule has 2 N–H and O–H groups in total. The summed E-state index contributed by atoms with van der Waals surface area (Å²) in [7, 11) is 0. The predicted molar refractivity (Wildman–Crippen MR) is 106 cm³/mol. The Morgan fingerprint density at radius 3 is 2.65 bits per heavy atom. The van der Waals surface area contributed by atoms with Gasteiger partial charge in [0.15, 0.2) is 0 Å². The fourth-order valence-corrected chi connectivity index (χ4v) is 4.29. The molecular formula is C19H16BrFN2O2S. The number of nitrogens with one attached hydrogen (secondary N) is 2. The van der Waals surface area contributed by atoms with Crippen LogP contribution < -0.4 is 10.6 Å². The molecule has 3 rings (SSSR count). The second-order valence-corrected chi connectivity index (χ2v) is 7.83. The first-order valence-corrected chi connectivity index (χ1v) is 9.49. The molecule has 0 unspecified atom stereocenters. The van der Waals surface area contributed by atoms with Crippen LogP contribution in [0.5, 0.6) is 0 Å². The highest BCUT2D eigenvalue weighted by molar-refractivity contribution is 9.10. The molecule has 0 saturated carbocycles. The predicted octanol–water partition coefficient (Wildman–Crippen LogP) is 4.79. The van der Waals surface area contributed by atoms with Crippen LogP contribution in [0.3, 0.4) is 0 Å². The highest BCUT2D eigenvalue weighted by atomic mass is 79.9. The van der Waals surface area contributed by atoms with Crippen LogP contribution in [0.1, 0.15) is 20.8 Å². The summed E-state index contributed by atoms with van der Waals surface area (Å²) in [6.45, 7) is 3.43. The van der Waals surface area contributed by atoms with Crippen molar-refractivity contribution in [3.05, 3.63) is 62.7 Å². The van der Waals surface area contributed by atoms with Crippen molar-refractivity contribution in [2.24, 2.45) is 0 Å². The molecule has 0 radical (unpaired) electrons. The van der Waals surface area contributed by atoms with Crippen LogP contribution in [0.2, 0.25) is 0 Å². The fourth-order valence-electron chi connectivity index (χ4n) is 2.67. The van der Waals surface area contributed by atoms with Crippen molar-refractivity contribution in [1.29, 1.82) is 0 Å². The van der Waals surface area contributed by atoms with Crippen LogP contribution in [-0.2, 0) is 4.79 Å². The van der Waals surface area contributed by atoms with Crippen LogP contribution in [-0.4, -0.2) is 18.4 Å². The monoisotopic (exact) mass is 434 g/mol. The number of aryl methyl sites for hydroxylation is 2. The summed E-state index contributed by atoms with van der Waals surface area (Å²) in [5, 5.41) is 5.82. The quantitative estimate of drug-likeness (QED) is 0.619. The number of carbonyl (C=O) groups excluding carboxylic acids is 2. The zero-order valence-electron chi connectivity index (χ0n) is 14.2. The van der Waals surface area contributed by atoms with Crippen molar-refractivity contribution < 1.29 is 14.0 Å². The number of anilines is 1. The molecule has 0 bridgehead atoms. The summed E-state index contributed by atoms with van der Waals surface area (Å²) in [5.74, 6) is -1.06. The molecule has 1 heterocycles. The van der Waals surface area contributed by atoms with Gasteiger partial charge in [0.25, 0.3) is 5.91 Å². The number of halogens is 2. The number of hydrogen-bond donors (Lipinski definition) is 2. The van der Waals surface area contributed by atoms with E-state index in [0.29, 0.717) is 26.2 Å². The standard InChI is InChI=1S/C19H16BrFN2O2S/c1-10-8-12(20)6-7-14(10)23-16(24)9-22-19(25)18-11(2)17-13(21)4-3-5-15(17)26-18/h3-8H,9H2,1-2H3,(H,22,25)(H,23,24). The Bertz CT molecular complexity index is 1020. The van der Waals surface area contributed by atoms with Gasteiger partial charge in [0, 0.05) is 20.2 Å². The van der Waals surface area contributed by atoms with E-state index < -0.39 is 0 Å². The second kappa shape index (κ2) is 7.55. The van der Waals surface area contributed by atoms with Gasteiger partial charge in [-0.05, 0) is 55.3 Å². The minimum atomic E-state index is -0.384. The van der Waals surface area contributed by atoms with Gasteiger partial charge in [0.1, 0.15) is 5.82 Å². The number of hydrogen-bond acceptors (Lipinski definition) is 3. The Morgan fingerprint density at radius 2 is 1.96 bits per heavy atom. The van der Waals surface area contributed by atoms with Crippen LogP contribution in [0.15, 0.2) is 40.9 Å². The zero-order chi connectivity index (χ0) is 18.8. The van der Waals surface area contributed by atoms with Gasteiger partial charge in [-0.1, -0.05) is 22.0 Å². The lowest BCUT2D eigenvalue weighted by Gasteiger charge is -2.09. The molecule has 0 saturated heterocycles. The topological polar surface area (TPSA) is 58.2 Å². The molecule has 4 nitrogen and oxygen atoms in total. The van der Waals surface area contributed by atoms with E-state index in [1.165, 1.54) is 17.4 Å². The van der Waals surface area contributed by atoms with Gasteiger partial charge in [0.05, 0.1) is 11.4 Å². The summed E-state index contributed by atoms with van der Waals surface area (Å²) in [6.07, 6.45) is 0. The number of thiophene rings is 1. The Balaban J connectivity index is 1.68. The summed E-state index contributed by atoms with van der Waals surface area (Å²) in [4.78, 5) is 24.9. The smallest absolute Gasteiger partial charge is 0.262 e. The van der Waals surface area contributed by atoms with Crippen molar-refractivity contribution in [3.63, 3.8) is 0 Å². The Morgan fingerprint density at radius 1 is 1.19 bits per heavy atom. The lowest BCUT2D eigenvalue weighted by Crippen LogP contribution is -2.32. The van der Waals surface area contributed by atoms with Gasteiger partial charge in [-0.25, -0.2) is 4.39 Å². The average Bonchev–Trinajstić information content (AvgIpc) is 2.93. The number of fused-ring (bicyclic) bond motifs is 1. The van der Waals surface area contributed by atoms with Crippen molar-refractivity contribution >= 4 is 54.9 Å². The maximum Gasteiger partial charge on any atom is 0.262 e. The Hall–Kier alpha value is -2.25. The average molecular weight is 435 g/mol. The van der Waals surface area contributed by atoms with Crippen molar-refractivity contribution in [1.82, 2.24) is 5.32 Å². The minimum absolute atomic E-state index is 0.162. The van der Waals surface area contributed by atoms with Gasteiger partial charge >= 0.3 is 0 Å². The van der Waals surface area contributed by atoms with E-state index in [1.54, 1.807) is 25.1 Å². The van der Waals surface area contributed by atoms with E-state index in [-0.39, 0.29) is 24.2 Å². The van der Waals surface area contributed by atoms with E-state index in [1.807, 2.05) is 19.1 Å². The van der Waals surface area contributed by atoms with Crippen LogP contribution in [0.4, 0.5) is 10.1 Å². The third kappa shape index (κ3) is 3.78. The zero-order valence-corrected chi connectivity index (χ0v) is 16.6. The van der Waals surface area contributed by atoms with Crippen LogP contribution in [0.25, 0.3) is 10.1 Å². The number of benzene rings is 2. The molecule has 1 aromatic heterocycles.